The molecule has 1 rings (SSSR count). The molecular weight excluding hydrogens is 494 g/mol. The average Bonchev–Trinajstić information content (AvgIpc) is 2.79. The Morgan fingerprint density at radius 1 is 0.842 bits per heavy atom. The molecule has 0 spiro atoms. The predicted molar refractivity (Wildman–Crippen MR) is 141 cm³/mol. The summed E-state index contributed by atoms with van der Waals surface area (Å²) in [7, 11) is 0. The number of hydrogen-bond acceptors (Lipinski definition) is 10. The highest BCUT2D eigenvalue weighted by Crippen LogP contribution is 2.33. The lowest BCUT2D eigenvalue weighted by Crippen LogP contribution is -2.39. The zero-order valence-electron chi connectivity index (χ0n) is 24.0. The monoisotopic (exact) mass is 537 g/mol. The minimum Gasteiger partial charge on any atom is -0.458 e. The van der Waals surface area contributed by atoms with E-state index in [1.807, 2.05) is 6.92 Å². The number of carbonyl (C=O) groups excluding carboxylic acids is 4. The van der Waals surface area contributed by atoms with Crippen LogP contribution in [0.15, 0.2) is 18.2 Å². The molecule has 0 heterocycles. The van der Waals surface area contributed by atoms with Crippen LogP contribution in [0.4, 0.5) is 4.79 Å². The maximum atomic E-state index is 12.6. The van der Waals surface area contributed by atoms with Crippen molar-refractivity contribution in [3.05, 3.63) is 23.8 Å². The molecule has 0 aliphatic heterocycles. The van der Waals surface area contributed by atoms with Crippen molar-refractivity contribution in [2.45, 2.75) is 99.8 Å². The SMILES string of the molecule is CCCCOC(=O)O[C@@H](C)[C@H](C)OC(=O)[C@@H](N)Cc1ccc(OC(=O)C(C)(C)C)c(OC(=O)C(C)(C)C)c1. The molecule has 38 heavy (non-hydrogen) atoms. The van der Waals surface area contributed by atoms with Crippen LogP contribution >= 0.6 is 0 Å². The number of unbranched alkanes of at least 4 members (excludes halogenated alkanes) is 1. The fourth-order valence-electron chi connectivity index (χ4n) is 2.63. The van der Waals surface area contributed by atoms with E-state index < -0.39 is 53.1 Å². The molecule has 3 atom stereocenters. The Morgan fingerprint density at radius 3 is 1.89 bits per heavy atom. The van der Waals surface area contributed by atoms with Crippen molar-refractivity contribution in [1.82, 2.24) is 0 Å². The van der Waals surface area contributed by atoms with E-state index in [4.69, 9.17) is 29.4 Å². The Kier molecular flexibility index (Phi) is 12.2. The zero-order valence-corrected chi connectivity index (χ0v) is 24.0. The lowest BCUT2D eigenvalue weighted by Gasteiger charge is -2.22. The standard InChI is InChI=1S/C28H43NO9/c1-10-11-14-34-26(33)36-18(3)17(2)35-23(30)20(29)15-19-12-13-21(37-24(31)27(4,5)6)22(16-19)38-25(32)28(7,8)9/h12-13,16-18,20H,10-11,14-15,29H2,1-9H3/t17-,18-,20-/m0/s1. The Balaban J connectivity index is 2.93. The van der Waals surface area contributed by atoms with Crippen LogP contribution in [0.1, 0.15) is 80.7 Å². The van der Waals surface area contributed by atoms with Crippen molar-refractivity contribution in [2.24, 2.45) is 16.6 Å². The average molecular weight is 538 g/mol. The molecule has 0 amide bonds. The van der Waals surface area contributed by atoms with Gasteiger partial charge in [0.2, 0.25) is 0 Å². The molecule has 2 N–H and O–H groups in total. The van der Waals surface area contributed by atoms with Gasteiger partial charge in [-0.25, -0.2) is 4.79 Å². The second-order valence-electron chi connectivity index (χ2n) is 11.3. The van der Waals surface area contributed by atoms with Crippen LogP contribution in [0.2, 0.25) is 0 Å². The Bertz CT molecular complexity index is 976. The van der Waals surface area contributed by atoms with Crippen molar-refractivity contribution < 1.29 is 42.9 Å². The summed E-state index contributed by atoms with van der Waals surface area (Å²) in [4.78, 5) is 49.3. The summed E-state index contributed by atoms with van der Waals surface area (Å²) in [6.07, 6.45) is -0.703. The Hall–Kier alpha value is -3.14. The fraction of sp³-hybridized carbons (Fsp3) is 0.643. The first kappa shape index (κ1) is 32.9. The summed E-state index contributed by atoms with van der Waals surface area (Å²) >= 11 is 0. The van der Waals surface area contributed by atoms with Gasteiger partial charge < -0.3 is 29.4 Å². The van der Waals surface area contributed by atoms with Crippen LogP contribution < -0.4 is 15.2 Å². The molecule has 214 valence electrons. The first-order chi connectivity index (χ1) is 17.4. The second kappa shape index (κ2) is 14.1. The third-order valence-electron chi connectivity index (χ3n) is 5.36. The molecule has 10 heteroatoms. The van der Waals surface area contributed by atoms with Gasteiger partial charge in [0.15, 0.2) is 11.5 Å². The van der Waals surface area contributed by atoms with Gasteiger partial charge in [0, 0.05) is 0 Å². The van der Waals surface area contributed by atoms with Crippen molar-refractivity contribution >= 4 is 24.1 Å². The largest absolute Gasteiger partial charge is 0.508 e. The number of ether oxygens (including phenoxy) is 5. The molecule has 0 fully saturated rings. The molecule has 0 saturated heterocycles. The summed E-state index contributed by atoms with van der Waals surface area (Å²) in [5.74, 6) is -1.62. The molecular formula is C28H43NO9. The number of esters is 3. The molecule has 1 aromatic carbocycles. The summed E-state index contributed by atoms with van der Waals surface area (Å²) in [5, 5.41) is 0. The van der Waals surface area contributed by atoms with Crippen LogP contribution in [0.5, 0.6) is 11.5 Å². The molecule has 0 unspecified atom stereocenters. The first-order valence-electron chi connectivity index (χ1n) is 12.8. The molecule has 0 aromatic heterocycles. The molecule has 0 radical (unpaired) electrons. The quantitative estimate of drug-likeness (QED) is 0.239. The third-order valence-corrected chi connectivity index (χ3v) is 5.36. The van der Waals surface area contributed by atoms with Crippen molar-refractivity contribution in [2.75, 3.05) is 6.61 Å². The highest BCUT2D eigenvalue weighted by atomic mass is 16.7. The summed E-state index contributed by atoms with van der Waals surface area (Å²) in [6, 6.07) is 3.55. The van der Waals surface area contributed by atoms with Gasteiger partial charge in [-0.05, 0) is 85.9 Å². The van der Waals surface area contributed by atoms with Gasteiger partial charge in [-0.2, -0.15) is 0 Å². The molecule has 0 saturated carbocycles. The number of rotatable bonds is 11. The van der Waals surface area contributed by atoms with Gasteiger partial charge in [-0.3, -0.25) is 14.4 Å². The Morgan fingerprint density at radius 2 is 1.37 bits per heavy atom. The lowest BCUT2D eigenvalue weighted by molar-refractivity contribution is -0.155. The molecule has 0 aliphatic rings. The normalized spacial score (nSPS) is 14.1. The van der Waals surface area contributed by atoms with Gasteiger partial charge in [-0.15, -0.1) is 0 Å². The lowest BCUT2D eigenvalue weighted by atomic mass is 9.97. The molecule has 0 aliphatic carbocycles. The van der Waals surface area contributed by atoms with Gasteiger partial charge in [0.05, 0.1) is 17.4 Å². The second-order valence-corrected chi connectivity index (χ2v) is 11.3. The van der Waals surface area contributed by atoms with E-state index in [-0.39, 0.29) is 24.5 Å². The number of nitrogens with two attached hydrogens (primary N) is 1. The van der Waals surface area contributed by atoms with E-state index in [0.29, 0.717) is 5.56 Å². The minimum absolute atomic E-state index is 0.0394. The van der Waals surface area contributed by atoms with Gasteiger partial charge >= 0.3 is 24.1 Å². The van der Waals surface area contributed by atoms with Crippen LogP contribution in [0.25, 0.3) is 0 Å². The van der Waals surface area contributed by atoms with Crippen LogP contribution in [0, 0.1) is 10.8 Å². The number of carbonyl (C=O) groups is 4. The molecule has 10 nitrogen and oxygen atoms in total. The highest BCUT2D eigenvalue weighted by molar-refractivity contribution is 5.81. The van der Waals surface area contributed by atoms with Gasteiger partial charge in [0.25, 0.3) is 0 Å². The van der Waals surface area contributed by atoms with E-state index in [9.17, 15) is 19.2 Å². The maximum Gasteiger partial charge on any atom is 0.508 e. The number of hydrogen-bond donors (Lipinski definition) is 1. The van der Waals surface area contributed by atoms with Crippen molar-refractivity contribution in [3.8, 4) is 11.5 Å². The van der Waals surface area contributed by atoms with Crippen LogP contribution in [-0.2, 0) is 35.0 Å². The summed E-state index contributed by atoms with van der Waals surface area (Å²) < 4.78 is 26.5. The topological polar surface area (TPSA) is 140 Å². The van der Waals surface area contributed by atoms with Gasteiger partial charge in [-0.1, -0.05) is 19.4 Å². The highest BCUT2D eigenvalue weighted by Gasteiger charge is 2.29. The van der Waals surface area contributed by atoms with Crippen LogP contribution in [-0.4, -0.2) is 48.9 Å². The predicted octanol–water partition coefficient (Wildman–Crippen LogP) is 4.73. The zero-order chi connectivity index (χ0) is 29.3. The minimum atomic E-state index is -1.06. The third kappa shape index (κ3) is 11.1. The Labute approximate surface area is 225 Å². The van der Waals surface area contributed by atoms with E-state index in [1.54, 1.807) is 61.5 Å². The number of benzene rings is 1. The van der Waals surface area contributed by atoms with Crippen molar-refractivity contribution in [3.63, 3.8) is 0 Å². The smallest absolute Gasteiger partial charge is 0.458 e. The summed E-state index contributed by atoms with van der Waals surface area (Å²) in [6.45, 7) is 15.6. The van der Waals surface area contributed by atoms with Gasteiger partial charge in [0.1, 0.15) is 18.2 Å². The maximum absolute atomic E-state index is 12.6. The van der Waals surface area contributed by atoms with E-state index in [0.717, 1.165) is 12.8 Å². The van der Waals surface area contributed by atoms with Crippen LogP contribution in [0.3, 0.4) is 0 Å². The van der Waals surface area contributed by atoms with E-state index in [2.05, 4.69) is 0 Å². The molecule has 1 aromatic rings. The van der Waals surface area contributed by atoms with Crippen molar-refractivity contribution in [1.29, 1.82) is 0 Å². The van der Waals surface area contributed by atoms with E-state index >= 15 is 0 Å². The summed E-state index contributed by atoms with van der Waals surface area (Å²) in [5.41, 5.74) is 5.05. The molecule has 0 bridgehead atoms. The first-order valence-corrected chi connectivity index (χ1v) is 12.8. The fourth-order valence-corrected chi connectivity index (χ4v) is 2.63. The van der Waals surface area contributed by atoms with E-state index in [1.165, 1.54) is 12.1 Å².